The molecule has 0 unspecified atom stereocenters. The Balaban J connectivity index is 2.01. The van der Waals surface area contributed by atoms with Gasteiger partial charge in [0.1, 0.15) is 6.10 Å². The van der Waals surface area contributed by atoms with Crippen molar-refractivity contribution in [3.05, 3.63) is 35.5 Å². The van der Waals surface area contributed by atoms with Crippen LogP contribution in [0.25, 0.3) is 0 Å². The highest BCUT2D eigenvalue weighted by molar-refractivity contribution is 5.91. The van der Waals surface area contributed by atoms with Gasteiger partial charge in [0.15, 0.2) is 0 Å². The molecule has 2 nitrogen and oxygen atoms in total. The molecule has 0 N–H and O–H groups in total. The second-order valence-corrected chi connectivity index (χ2v) is 5.78. The molecule has 0 aromatic carbocycles. The second kappa shape index (κ2) is 3.34. The van der Waals surface area contributed by atoms with E-state index in [4.69, 9.17) is 4.74 Å². The van der Waals surface area contributed by atoms with Crippen LogP contribution >= 0.6 is 0 Å². The molecule has 0 amide bonds. The zero-order chi connectivity index (χ0) is 12.2. The smallest absolute Gasteiger partial charge is 0.334 e. The lowest BCUT2D eigenvalue weighted by atomic mass is 9.60. The van der Waals surface area contributed by atoms with Crippen molar-refractivity contribution in [2.24, 2.45) is 11.3 Å². The van der Waals surface area contributed by atoms with Gasteiger partial charge in [0, 0.05) is 5.57 Å². The lowest BCUT2D eigenvalue weighted by Gasteiger charge is -2.45. The molecule has 1 aliphatic heterocycles. The van der Waals surface area contributed by atoms with Gasteiger partial charge >= 0.3 is 5.97 Å². The van der Waals surface area contributed by atoms with E-state index in [-0.39, 0.29) is 17.5 Å². The first-order valence-electron chi connectivity index (χ1n) is 6.27. The molecule has 3 rings (SSSR count). The SMILES string of the molecule is C=C1CC=C[C@@]2(C)C[C@@H]3OC(=O)C(C)=C3C[C@@H]12. The third-order valence-electron chi connectivity index (χ3n) is 4.64. The zero-order valence-corrected chi connectivity index (χ0v) is 10.5. The average Bonchev–Trinajstić information content (AvgIpc) is 2.52. The molecule has 1 heterocycles. The first kappa shape index (κ1) is 10.8. The van der Waals surface area contributed by atoms with Gasteiger partial charge in [-0.15, -0.1) is 0 Å². The number of fused-ring (bicyclic) bond motifs is 2. The molecule has 0 aromatic rings. The van der Waals surface area contributed by atoms with Crippen LogP contribution in [0.5, 0.6) is 0 Å². The summed E-state index contributed by atoms with van der Waals surface area (Å²) in [5.41, 5.74) is 3.47. The fraction of sp³-hybridized carbons (Fsp3) is 0.533. The lowest BCUT2D eigenvalue weighted by molar-refractivity contribution is -0.141. The second-order valence-electron chi connectivity index (χ2n) is 5.78. The number of allylic oxidation sites excluding steroid dienone is 3. The first-order valence-corrected chi connectivity index (χ1v) is 6.27. The van der Waals surface area contributed by atoms with Crippen molar-refractivity contribution < 1.29 is 9.53 Å². The van der Waals surface area contributed by atoms with Crippen molar-refractivity contribution in [3.63, 3.8) is 0 Å². The van der Waals surface area contributed by atoms with Crippen LogP contribution in [-0.2, 0) is 9.53 Å². The monoisotopic (exact) mass is 230 g/mol. The summed E-state index contributed by atoms with van der Waals surface area (Å²) >= 11 is 0. The summed E-state index contributed by atoms with van der Waals surface area (Å²) in [6.07, 6.45) is 7.35. The molecule has 2 aliphatic carbocycles. The molecular formula is C15H18O2. The highest BCUT2D eigenvalue weighted by Gasteiger charge is 2.47. The fourth-order valence-electron chi connectivity index (χ4n) is 3.52. The van der Waals surface area contributed by atoms with E-state index in [2.05, 4.69) is 25.7 Å². The maximum atomic E-state index is 11.6. The molecule has 3 aliphatic rings. The van der Waals surface area contributed by atoms with Crippen molar-refractivity contribution in [3.8, 4) is 0 Å². The van der Waals surface area contributed by atoms with Gasteiger partial charge in [-0.2, -0.15) is 0 Å². The summed E-state index contributed by atoms with van der Waals surface area (Å²) in [6, 6.07) is 0. The van der Waals surface area contributed by atoms with Crippen LogP contribution in [-0.4, -0.2) is 12.1 Å². The van der Waals surface area contributed by atoms with Gasteiger partial charge in [-0.05, 0) is 43.1 Å². The Bertz CT molecular complexity index is 469. The average molecular weight is 230 g/mol. The van der Waals surface area contributed by atoms with Gasteiger partial charge in [-0.1, -0.05) is 31.2 Å². The van der Waals surface area contributed by atoms with Gasteiger partial charge in [-0.3, -0.25) is 0 Å². The number of carbonyl (C=O) groups is 1. The molecule has 0 aromatic heterocycles. The fourth-order valence-corrected chi connectivity index (χ4v) is 3.52. The highest BCUT2D eigenvalue weighted by Crippen LogP contribution is 2.53. The summed E-state index contributed by atoms with van der Waals surface area (Å²) in [4.78, 5) is 11.6. The zero-order valence-electron chi connectivity index (χ0n) is 10.5. The molecule has 0 spiro atoms. The first-order chi connectivity index (χ1) is 8.01. The van der Waals surface area contributed by atoms with Crippen LogP contribution in [0.3, 0.4) is 0 Å². The van der Waals surface area contributed by atoms with Crippen LogP contribution in [0.15, 0.2) is 35.5 Å². The predicted octanol–water partition coefficient (Wildman–Crippen LogP) is 3.16. The topological polar surface area (TPSA) is 26.3 Å². The third-order valence-corrected chi connectivity index (χ3v) is 4.64. The molecule has 0 saturated heterocycles. The van der Waals surface area contributed by atoms with Gasteiger partial charge in [-0.25, -0.2) is 4.79 Å². The van der Waals surface area contributed by atoms with E-state index in [0.717, 1.165) is 24.8 Å². The maximum Gasteiger partial charge on any atom is 0.334 e. The Morgan fingerprint density at radius 2 is 2.29 bits per heavy atom. The van der Waals surface area contributed by atoms with Gasteiger partial charge in [0.2, 0.25) is 0 Å². The van der Waals surface area contributed by atoms with Crippen LogP contribution in [0, 0.1) is 11.3 Å². The van der Waals surface area contributed by atoms with E-state index in [0.29, 0.717) is 5.92 Å². The van der Waals surface area contributed by atoms with Crippen molar-refractivity contribution in [2.45, 2.75) is 39.2 Å². The van der Waals surface area contributed by atoms with Gasteiger partial charge < -0.3 is 4.74 Å². The normalized spacial score (nSPS) is 40.1. The Morgan fingerprint density at radius 1 is 1.53 bits per heavy atom. The lowest BCUT2D eigenvalue weighted by Crippen LogP contribution is -2.39. The standard InChI is InChI=1S/C15H18O2/c1-9-5-4-6-15(3)8-13-11(7-12(9)15)10(2)14(16)17-13/h4,6,12-13H,1,5,7-8H2,2-3H3/t12-,13-,15-/m0/s1. The summed E-state index contributed by atoms with van der Waals surface area (Å²) in [5, 5.41) is 0. The van der Waals surface area contributed by atoms with Crippen molar-refractivity contribution in [1.29, 1.82) is 0 Å². The maximum absolute atomic E-state index is 11.6. The number of hydrogen-bond acceptors (Lipinski definition) is 2. The number of carbonyl (C=O) groups excluding carboxylic acids is 1. The molecule has 1 saturated carbocycles. The number of esters is 1. The molecule has 0 bridgehead atoms. The van der Waals surface area contributed by atoms with Crippen LogP contribution in [0.4, 0.5) is 0 Å². The van der Waals surface area contributed by atoms with E-state index in [9.17, 15) is 4.79 Å². The van der Waals surface area contributed by atoms with E-state index in [1.165, 1.54) is 11.1 Å². The highest BCUT2D eigenvalue weighted by atomic mass is 16.5. The van der Waals surface area contributed by atoms with Gasteiger partial charge in [0.05, 0.1) is 0 Å². The Kier molecular flexibility index (Phi) is 2.13. The summed E-state index contributed by atoms with van der Waals surface area (Å²) in [7, 11) is 0. The number of rotatable bonds is 0. The van der Waals surface area contributed by atoms with E-state index in [1.54, 1.807) is 0 Å². The van der Waals surface area contributed by atoms with Crippen molar-refractivity contribution in [1.82, 2.24) is 0 Å². The quantitative estimate of drug-likeness (QED) is 0.472. The molecule has 90 valence electrons. The molecule has 17 heavy (non-hydrogen) atoms. The minimum atomic E-state index is -0.123. The van der Waals surface area contributed by atoms with E-state index in [1.807, 2.05) is 6.92 Å². The summed E-state index contributed by atoms with van der Waals surface area (Å²) < 4.78 is 5.45. The van der Waals surface area contributed by atoms with Crippen molar-refractivity contribution in [2.75, 3.05) is 0 Å². The van der Waals surface area contributed by atoms with Gasteiger partial charge in [0.25, 0.3) is 0 Å². The Labute approximate surface area is 102 Å². The van der Waals surface area contributed by atoms with E-state index >= 15 is 0 Å². The molecular weight excluding hydrogens is 212 g/mol. The molecule has 3 atom stereocenters. The summed E-state index contributed by atoms with van der Waals surface area (Å²) in [5.74, 6) is 0.352. The van der Waals surface area contributed by atoms with Crippen LogP contribution in [0.1, 0.15) is 33.1 Å². The molecule has 0 radical (unpaired) electrons. The predicted molar refractivity (Wildman–Crippen MR) is 66.3 cm³/mol. The Hall–Kier alpha value is -1.31. The van der Waals surface area contributed by atoms with E-state index < -0.39 is 0 Å². The molecule has 1 fully saturated rings. The Morgan fingerprint density at radius 3 is 3.06 bits per heavy atom. The largest absolute Gasteiger partial charge is 0.454 e. The summed E-state index contributed by atoms with van der Waals surface area (Å²) in [6.45, 7) is 8.35. The van der Waals surface area contributed by atoms with Crippen molar-refractivity contribution >= 4 is 5.97 Å². The molecule has 2 heteroatoms. The minimum Gasteiger partial charge on any atom is -0.454 e. The minimum absolute atomic E-state index is 0.0132. The number of hydrogen-bond donors (Lipinski definition) is 0. The van der Waals surface area contributed by atoms with Crippen LogP contribution in [0.2, 0.25) is 0 Å². The number of ether oxygens (including phenoxy) is 1. The van der Waals surface area contributed by atoms with Crippen LogP contribution < -0.4 is 0 Å². The third kappa shape index (κ3) is 1.43.